The Labute approximate surface area is 174 Å². The summed E-state index contributed by atoms with van der Waals surface area (Å²) in [5.74, 6) is 1.23. The molecule has 1 aliphatic rings. The highest BCUT2D eigenvalue weighted by Gasteiger charge is 2.21. The van der Waals surface area contributed by atoms with Gasteiger partial charge in [-0.05, 0) is 24.8 Å². The molecule has 29 heavy (non-hydrogen) atoms. The van der Waals surface area contributed by atoms with E-state index < -0.39 is 0 Å². The van der Waals surface area contributed by atoms with E-state index in [1.54, 1.807) is 6.20 Å². The summed E-state index contributed by atoms with van der Waals surface area (Å²) < 4.78 is 0. The molecular weight excluding hydrogens is 384 g/mol. The van der Waals surface area contributed by atoms with Crippen LogP contribution in [0.2, 0.25) is 0 Å². The van der Waals surface area contributed by atoms with Crippen molar-refractivity contribution in [3.8, 4) is 11.3 Å². The van der Waals surface area contributed by atoms with Gasteiger partial charge in [0.1, 0.15) is 10.8 Å². The van der Waals surface area contributed by atoms with E-state index in [1.807, 2.05) is 37.3 Å². The zero-order chi connectivity index (χ0) is 20.1. The fraction of sp³-hybridized carbons (Fsp3) is 0.429. The molecule has 1 saturated carbocycles. The van der Waals surface area contributed by atoms with Crippen molar-refractivity contribution in [1.29, 1.82) is 0 Å². The van der Waals surface area contributed by atoms with E-state index >= 15 is 0 Å². The van der Waals surface area contributed by atoms with Crippen molar-refractivity contribution in [1.82, 2.24) is 25.5 Å². The largest absolute Gasteiger partial charge is 0.340 e. The minimum Gasteiger partial charge on any atom is -0.340 e. The lowest BCUT2D eigenvalue weighted by atomic mass is 9.90. The lowest BCUT2D eigenvalue weighted by Crippen LogP contribution is -2.32. The predicted octanol–water partition coefficient (Wildman–Crippen LogP) is 5.25. The topological polar surface area (TPSA) is 95.6 Å². The number of urea groups is 1. The number of anilines is 1. The van der Waals surface area contributed by atoms with Crippen molar-refractivity contribution in [2.45, 2.75) is 57.4 Å². The molecule has 2 heterocycles. The minimum atomic E-state index is -0.291. The summed E-state index contributed by atoms with van der Waals surface area (Å²) in [5.41, 5.74) is 2.00. The molecular formula is C21H26N6OS. The number of rotatable bonds is 6. The Morgan fingerprint density at radius 3 is 2.76 bits per heavy atom. The lowest BCUT2D eigenvalue weighted by molar-refractivity contribution is 0.247. The van der Waals surface area contributed by atoms with Gasteiger partial charge in [-0.15, -0.1) is 10.2 Å². The molecule has 7 nitrogen and oxygen atoms in total. The summed E-state index contributed by atoms with van der Waals surface area (Å²) in [6.07, 6.45) is 8.66. The standard InChI is InChI=1S/C21H26N6OS/c1-2-16(18-22-13-17(23-18)14-9-5-3-6-10-14)24-20(28)25-21-27-26-19(29-21)15-11-7-4-8-12-15/h3,5-6,9-10,13,15-16H,2,4,7-8,11-12H2,1H3,(H,22,23)(H2,24,25,27,28). The lowest BCUT2D eigenvalue weighted by Gasteiger charge is -2.18. The first kappa shape index (κ1) is 19.6. The van der Waals surface area contributed by atoms with Crippen molar-refractivity contribution in [2.24, 2.45) is 0 Å². The maximum atomic E-state index is 12.5. The van der Waals surface area contributed by atoms with Crippen LogP contribution in [0.4, 0.5) is 9.93 Å². The highest BCUT2D eigenvalue weighted by molar-refractivity contribution is 7.15. The van der Waals surface area contributed by atoms with Gasteiger partial charge >= 0.3 is 6.03 Å². The van der Waals surface area contributed by atoms with Gasteiger partial charge in [-0.3, -0.25) is 5.32 Å². The molecule has 1 aliphatic carbocycles. The first-order chi connectivity index (χ1) is 14.2. The van der Waals surface area contributed by atoms with E-state index in [-0.39, 0.29) is 12.1 Å². The molecule has 152 valence electrons. The normalized spacial score (nSPS) is 15.8. The summed E-state index contributed by atoms with van der Waals surface area (Å²) in [4.78, 5) is 20.3. The molecule has 0 spiro atoms. The zero-order valence-electron chi connectivity index (χ0n) is 16.5. The van der Waals surface area contributed by atoms with E-state index in [0.29, 0.717) is 11.0 Å². The summed E-state index contributed by atoms with van der Waals surface area (Å²) in [6, 6.07) is 9.51. The fourth-order valence-electron chi connectivity index (χ4n) is 3.73. The van der Waals surface area contributed by atoms with Gasteiger partial charge < -0.3 is 10.3 Å². The van der Waals surface area contributed by atoms with Crippen molar-refractivity contribution >= 4 is 22.5 Å². The van der Waals surface area contributed by atoms with Crippen LogP contribution in [-0.2, 0) is 0 Å². The molecule has 2 amide bonds. The minimum absolute atomic E-state index is 0.210. The zero-order valence-corrected chi connectivity index (χ0v) is 17.3. The van der Waals surface area contributed by atoms with Gasteiger partial charge in [-0.1, -0.05) is 67.9 Å². The number of aromatic nitrogens is 4. The van der Waals surface area contributed by atoms with Crippen LogP contribution in [-0.4, -0.2) is 26.2 Å². The molecule has 2 aromatic heterocycles. The van der Waals surface area contributed by atoms with Crippen LogP contribution < -0.4 is 10.6 Å². The number of carbonyl (C=O) groups excluding carboxylic acids is 1. The second-order valence-electron chi connectivity index (χ2n) is 7.39. The molecule has 0 saturated heterocycles. The molecule has 1 atom stereocenters. The van der Waals surface area contributed by atoms with Gasteiger partial charge in [0.2, 0.25) is 5.13 Å². The van der Waals surface area contributed by atoms with Crippen molar-refractivity contribution in [3.63, 3.8) is 0 Å². The second kappa shape index (κ2) is 9.17. The number of imidazole rings is 1. The van der Waals surface area contributed by atoms with Crippen LogP contribution in [0.1, 0.15) is 68.2 Å². The van der Waals surface area contributed by atoms with Crippen LogP contribution in [0.25, 0.3) is 11.3 Å². The third-order valence-corrected chi connectivity index (χ3v) is 6.34. The maximum absolute atomic E-state index is 12.5. The van der Waals surface area contributed by atoms with Gasteiger partial charge in [0.25, 0.3) is 0 Å². The predicted molar refractivity (Wildman–Crippen MR) is 115 cm³/mol. The van der Waals surface area contributed by atoms with Crippen molar-refractivity contribution < 1.29 is 4.79 Å². The van der Waals surface area contributed by atoms with Crippen molar-refractivity contribution in [3.05, 3.63) is 47.4 Å². The van der Waals surface area contributed by atoms with Gasteiger partial charge in [0.05, 0.1) is 17.9 Å². The third-order valence-electron chi connectivity index (χ3n) is 5.34. The Morgan fingerprint density at radius 2 is 2.00 bits per heavy atom. The fourth-order valence-corrected chi connectivity index (χ4v) is 4.64. The number of hydrogen-bond donors (Lipinski definition) is 3. The average molecular weight is 411 g/mol. The number of nitrogens with zero attached hydrogens (tertiary/aromatic N) is 3. The second-order valence-corrected chi connectivity index (χ2v) is 8.40. The van der Waals surface area contributed by atoms with Crippen LogP contribution in [0, 0.1) is 0 Å². The molecule has 3 N–H and O–H groups in total. The Bertz CT molecular complexity index is 932. The molecule has 1 fully saturated rings. The van der Waals surface area contributed by atoms with E-state index in [9.17, 15) is 4.79 Å². The number of aromatic amines is 1. The van der Waals surface area contributed by atoms with Crippen LogP contribution in [0.15, 0.2) is 36.5 Å². The summed E-state index contributed by atoms with van der Waals surface area (Å²) in [5, 5.41) is 15.8. The van der Waals surface area contributed by atoms with Gasteiger partial charge in [0.15, 0.2) is 0 Å². The first-order valence-corrected chi connectivity index (χ1v) is 11.1. The molecule has 1 unspecified atom stereocenters. The molecule has 3 aromatic rings. The Hall–Kier alpha value is -2.74. The smallest absolute Gasteiger partial charge is 0.321 e. The number of benzene rings is 1. The molecule has 4 rings (SSSR count). The van der Waals surface area contributed by atoms with E-state index in [4.69, 9.17) is 0 Å². The van der Waals surface area contributed by atoms with Gasteiger partial charge in [-0.2, -0.15) is 0 Å². The van der Waals surface area contributed by atoms with E-state index in [2.05, 4.69) is 30.8 Å². The SMILES string of the molecule is CCC(NC(=O)Nc1nnc(C2CCCCC2)s1)c1ncc(-c2ccccc2)[nH]1. The number of hydrogen-bond acceptors (Lipinski definition) is 5. The summed E-state index contributed by atoms with van der Waals surface area (Å²) in [7, 11) is 0. The Kier molecular flexibility index (Phi) is 6.19. The van der Waals surface area contributed by atoms with Crippen molar-refractivity contribution in [2.75, 3.05) is 5.32 Å². The molecule has 0 radical (unpaired) electrons. The molecule has 1 aromatic carbocycles. The molecule has 0 bridgehead atoms. The number of amides is 2. The highest BCUT2D eigenvalue weighted by atomic mass is 32.1. The number of H-pyrrole nitrogens is 1. The van der Waals surface area contributed by atoms with Crippen LogP contribution in [0.3, 0.4) is 0 Å². The first-order valence-electron chi connectivity index (χ1n) is 10.2. The third kappa shape index (κ3) is 4.82. The monoisotopic (exact) mass is 410 g/mol. The number of nitrogens with one attached hydrogen (secondary N) is 3. The van der Waals surface area contributed by atoms with Gasteiger partial charge in [0, 0.05) is 5.92 Å². The quantitative estimate of drug-likeness (QED) is 0.517. The van der Waals surface area contributed by atoms with Gasteiger partial charge in [-0.25, -0.2) is 9.78 Å². The summed E-state index contributed by atoms with van der Waals surface area (Å²) in [6.45, 7) is 2.02. The number of carbonyl (C=O) groups is 1. The summed E-state index contributed by atoms with van der Waals surface area (Å²) >= 11 is 1.48. The van der Waals surface area contributed by atoms with Crippen LogP contribution in [0.5, 0.6) is 0 Å². The Morgan fingerprint density at radius 1 is 1.21 bits per heavy atom. The van der Waals surface area contributed by atoms with E-state index in [1.165, 1.54) is 43.4 Å². The molecule has 0 aliphatic heterocycles. The Balaban J connectivity index is 1.37. The van der Waals surface area contributed by atoms with E-state index in [0.717, 1.165) is 28.5 Å². The average Bonchev–Trinajstić information content (AvgIpc) is 3.43. The maximum Gasteiger partial charge on any atom is 0.321 e. The highest BCUT2D eigenvalue weighted by Crippen LogP contribution is 2.35. The van der Waals surface area contributed by atoms with Crippen LogP contribution >= 0.6 is 11.3 Å². The molecule has 8 heteroatoms.